The Morgan fingerprint density at radius 1 is 0.833 bits per heavy atom. The minimum Gasteiger partial charge on any atom is -0.493 e. The van der Waals surface area contributed by atoms with Gasteiger partial charge in [-0.25, -0.2) is 9.38 Å². The van der Waals surface area contributed by atoms with E-state index in [1.807, 2.05) is 44.2 Å². The van der Waals surface area contributed by atoms with Crippen molar-refractivity contribution in [1.82, 2.24) is 0 Å². The zero-order valence-electron chi connectivity index (χ0n) is 17.3. The number of aryl methyl sites for hydroxylation is 2. The van der Waals surface area contributed by atoms with Crippen molar-refractivity contribution >= 4 is 16.7 Å². The summed E-state index contributed by atoms with van der Waals surface area (Å²) >= 11 is 0. The highest BCUT2D eigenvalue weighted by atomic mass is 19.1. The van der Waals surface area contributed by atoms with Crippen LogP contribution < -0.4 is 14.8 Å². The van der Waals surface area contributed by atoms with Crippen LogP contribution in [0.4, 0.5) is 10.1 Å². The molecule has 1 aromatic heterocycles. The molecule has 0 radical (unpaired) electrons. The second-order valence-electron chi connectivity index (χ2n) is 7.11. The first-order chi connectivity index (χ1) is 14.5. The number of benzene rings is 3. The molecule has 0 bridgehead atoms. The fourth-order valence-electron chi connectivity index (χ4n) is 3.56. The van der Waals surface area contributed by atoms with Crippen LogP contribution in [-0.2, 0) is 0 Å². The summed E-state index contributed by atoms with van der Waals surface area (Å²) in [7, 11) is 3.20. The van der Waals surface area contributed by atoms with Crippen molar-refractivity contribution in [3.63, 3.8) is 0 Å². The van der Waals surface area contributed by atoms with E-state index in [0.717, 1.165) is 33.0 Å². The number of hydrogen-bond acceptors (Lipinski definition) is 4. The predicted octanol–water partition coefficient (Wildman–Crippen LogP) is 6.11. The summed E-state index contributed by atoms with van der Waals surface area (Å²) in [6, 6.07) is 17.7. The third-order valence-electron chi connectivity index (χ3n) is 4.93. The summed E-state index contributed by atoms with van der Waals surface area (Å²) < 4.78 is 30.4. The largest absolute Gasteiger partial charge is 0.493 e. The lowest BCUT2D eigenvalue weighted by Gasteiger charge is -2.11. The molecule has 0 atom stereocenters. The summed E-state index contributed by atoms with van der Waals surface area (Å²) in [5, 5.41) is 1.68. The first kappa shape index (κ1) is 19.7. The van der Waals surface area contributed by atoms with E-state index in [9.17, 15) is 4.39 Å². The number of fused-ring (bicyclic) bond motifs is 1. The Bertz CT molecular complexity index is 1290. The van der Waals surface area contributed by atoms with Crippen LogP contribution in [0.3, 0.4) is 0 Å². The van der Waals surface area contributed by atoms with Gasteiger partial charge in [0.1, 0.15) is 17.2 Å². The standard InChI is InChI=1S/C25H22FNO3/c1-15-11-16(2)25-20(27-19-8-6-18(26)7-9-19)14-22(30-24(25)12-15)17-5-10-21(28-3)23(13-17)29-4/h5-14H,1-4H3. The summed E-state index contributed by atoms with van der Waals surface area (Å²) in [5.74, 6) is 1.61. The van der Waals surface area contributed by atoms with Crippen LogP contribution in [0, 0.1) is 19.7 Å². The molecule has 5 heteroatoms. The Labute approximate surface area is 174 Å². The Balaban J connectivity index is 2.00. The van der Waals surface area contributed by atoms with Gasteiger partial charge in [-0.2, -0.15) is 0 Å². The Kier molecular flexibility index (Phi) is 5.27. The molecule has 0 aliphatic carbocycles. The lowest BCUT2D eigenvalue weighted by atomic mass is 10.0. The van der Waals surface area contributed by atoms with Gasteiger partial charge in [0, 0.05) is 17.0 Å². The van der Waals surface area contributed by atoms with E-state index in [-0.39, 0.29) is 5.82 Å². The maximum atomic E-state index is 13.3. The second kappa shape index (κ2) is 8.03. The molecule has 0 fully saturated rings. The van der Waals surface area contributed by atoms with Crippen molar-refractivity contribution in [3.8, 4) is 22.8 Å². The van der Waals surface area contributed by atoms with E-state index in [0.29, 0.717) is 22.9 Å². The lowest BCUT2D eigenvalue weighted by Crippen LogP contribution is -2.05. The third kappa shape index (κ3) is 3.79. The number of ether oxygens (including phenoxy) is 2. The summed E-state index contributed by atoms with van der Waals surface area (Å²) in [6.45, 7) is 4.06. The van der Waals surface area contributed by atoms with Gasteiger partial charge in [-0.05, 0) is 73.5 Å². The van der Waals surface area contributed by atoms with Crippen molar-refractivity contribution < 1.29 is 18.3 Å². The predicted molar refractivity (Wildman–Crippen MR) is 116 cm³/mol. The highest BCUT2D eigenvalue weighted by Crippen LogP contribution is 2.33. The molecule has 0 amide bonds. The van der Waals surface area contributed by atoms with Crippen molar-refractivity contribution in [2.45, 2.75) is 13.8 Å². The zero-order chi connectivity index (χ0) is 21.3. The van der Waals surface area contributed by atoms with E-state index >= 15 is 0 Å². The SMILES string of the molecule is COc1ccc(-c2cc(=Nc3ccc(F)cc3)c3c(C)cc(C)cc3o2)cc1OC. The average Bonchev–Trinajstić information content (AvgIpc) is 2.74. The highest BCUT2D eigenvalue weighted by Gasteiger charge is 2.12. The van der Waals surface area contributed by atoms with Crippen molar-refractivity contribution in [2.75, 3.05) is 14.2 Å². The molecular formula is C25H22FNO3. The van der Waals surface area contributed by atoms with Gasteiger partial charge in [0.25, 0.3) is 0 Å². The number of methoxy groups -OCH3 is 2. The molecular weight excluding hydrogens is 381 g/mol. The molecule has 0 spiro atoms. The lowest BCUT2D eigenvalue weighted by molar-refractivity contribution is 0.355. The molecule has 3 aromatic carbocycles. The Hall–Kier alpha value is -3.60. The minimum atomic E-state index is -0.292. The van der Waals surface area contributed by atoms with E-state index < -0.39 is 0 Å². The van der Waals surface area contributed by atoms with Crippen LogP contribution in [0.15, 0.2) is 70.1 Å². The number of halogens is 1. The van der Waals surface area contributed by atoms with Crippen molar-refractivity contribution in [1.29, 1.82) is 0 Å². The maximum absolute atomic E-state index is 13.3. The number of hydrogen-bond donors (Lipinski definition) is 0. The molecule has 0 unspecified atom stereocenters. The van der Waals surface area contributed by atoms with Gasteiger partial charge in [0.05, 0.1) is 25.3 Å². The monoisotopic (exact) mass is 403 g/mol. The molecule has 152 valence electrons. The molecule has 0 N–H and O–H groups in total. The normalized spacial score (nSPS) is 11.7. The quantitative estimate of drug-likeness (QED) is 0.413. The minimum absolute atomic E-state index is 0.292. The van der Waals surface area contributed by atoms with Gasteiger partial charge >= 0.3 is 0 Å². The van der Waals surface area contributed by atoms with Gasteiger partial charge in [0.15, 0.2) is 11.5 Å². The Morgan fingerprint density at radius 2 is 1.57 bits per heavy atom. The van der Waals surface area contributed by atoms with Gasteiger partial charge in [-0.1, -0.05) is 6.07 Å². The zero-order valence-corrected chi connectivity index (χ0v) is 17.3. The fraction of sp³-hybridized carbons (Fsp3) is 0.160. The summed E-state index contributed by atoms with van der Waals surface area (Å²) in [5.41, 5.74) is 4.40. The van der Waals surface area contributed by atoms with Gasteiger partial charge in [0.2, 0.25) is 0 Å². The van der Waals surface area contributed by atoms with E-state index in [2.05, 4.69) is 6.07 Å². The summed E-state index contributed by atoms with van der Waals surface area (Å²) in [4.78, 5) is 4.78. The van der Waals surface area contributed by atoms with Crippen LogP contribution in [0.5, 0.6) is 11.5 Å². The van der Waals surface area contributed by atoms with Crippen molar-refractivity contribution in [2.24, 2.45) is 4.99 Å². The van der Waals surface area contributed by atoms with Crippen LogP contribution in [0.1, 0.15) is 11.1 Å². The smallest absolute Gasteiger partial charge is 0.161 e. The molecule has 0 aliphatic rings. The molecule has 4 aromatic rings. The first-order valence-electron chi connectivity index (χ1n) is 9.56. The molecule has 1 heterocycles. The van der Waals surface area contributed by atoms with Gasteiger partial charge in [-0.3, -0.25) is 0 Å². The van der Waals surface area contributed by atoms with E-state index in [4.69, 9.17) is 18.9 Å². The van der Waals surface area contributed by atoms with Crippen LogP contribution in [0.25, 0.3) is 22.3 Å². The second-order valence-corrected chi connectivity index (χ2v) is 7.11. The molecule has 4 nitrogen and oxygen atoms in total. The molecule has 30 heavy (non-hydrogen) atoms. The van der Waals surface area contributed by atoms with Crippen LogP contribution in [-0.4, -0.2) is 14.2 Å². The maximum Gasteiger partial charge on any atom is 0.161 e. The van der Waals surface area contributed by atoms with Crippen LogP contribution >= 0.6 is 0 Å². The van der Waals surface area contributed by atoms with Gasteiger partial charge < -0.3 is 13.9 Å². The first-order valence-corrected chi connectivity index (χ1v) is 9.56. The topological polar surface area (TPSA) is 44.0 Å². The van der Waals surface area contributed by atoms with E-state index in [1.165, 1.54) is 12.1 Å². The van der Waals surface area contributed by atoms with Crippen molar-refractivity contribution in [3.05, 3.63) is 83.0 Å². The third-order valence-corrected chi connectivity index (χ3v) is 4.93. The van der Waals surface area contributed by atoms with E-state index in [1.54, 1.807) is 26.4 Å². The average molecular weight is 403 g/mol. The highest BCUT2D eigenvalue weighted by molar-refractivity contribution is 5.83. The molecule has 0 saturated heterocycles. The molecule has 4 rings (SSSR count). The Morgan fingerprint density at radius 3 is 2.27 bits per heavy atom. The van der Waals surface area contributed by atoms with Gasteiger partial charge in [-0.15, -0.1) is 0 Å². The number of nitrogens with zero attached hydrogens (tertiary/aromatic N) is 1. The summed E-state index contributed by atoms with van der Waals surface area (Å²) in [6.07, 6.45) is 0. The molecule has 0 saturated carbocycles. The number of rotatable bonds is 4. The van der Waals surface area contributed by atoms with Crippen LogP contribution in [0.2, 0.25) is 0 Å². The fourth-order valence-corrected chi connectivity index (χ4v) is 3.56. The molecule has 0 aliphatic heterocycles.